The zero-order valence-electron chi connectivity index (χ0n) is 13.7. The van der Waals surface area contributed by atoms with Crippen molar-refractivity contribution in [3.8, 4) is 11.5 Å². The maximum atomic E-state index is 12.1. The summed E-state index contributed by atoms with van der Waals surface area (Å²) in [4.78, 5) is 35.4. The Labute approximate surface area is 139 Å². The van der Waals surface area contributed by atoms with Crippen LogP contribution in [0.3, 0.4) is 0 Å². The van der Waals surface area contributed by atoms with Gasteiger partial charge in [-0.05, 0) is 32.9 Å². The van der Waals surface area contributed by atoms with E-state index in [-0.39, 0.29) is 12.6 Å². The normalized spacial score (nSPS) is 16.9. The summed E-state index contributed by atoms with van der Waals surface area (Å²) in [5.41, 5.74) is 0. The molecule has 1 aromatic carbocycles. The summed E-state index contributed by atoms with van der Waals surface area (Å²) in [5.74, 6) is -0.494. The molecule has 0 fully saturated rings. The van der Waals surface area contributed by atoms with Crippen molar-refractivity contribution in [2.75, 3.05) is 6.61 Å². The number of esters is 1. The van der Waals surface area contributed by atoms with E-state index in [0.717, 1.165) is 0 Å². The van der Waals surface area contributed by atoms with E-state index in [1.165, 1.54) is 6.92 Å². The molecule has 8 nitrogen and oxygen atoms in total. The number of amides is 3. The molecule has 1 aliphatic rings. The molecule has 0 saturated heterocycles. The topological polar surface area (TPSA) is 103 Å². The molecule has 1 heterocycles. The van der Waals surface area contributed by atoms with Crippen LogP contribution in [0.5, 0.6) is 11.5 Å². The minimum Gasteiger partial charge on any atom is -0.485 e. The number of para-hydroxylation sites is 2. The maximum Gasteiger partial charge on any atom is 0.351 e. The van der Waals surface area contributed by atoms with Gasteiger partial charge < -0.3 is 19.5 Å². The highest BCUT2D eigenvalue weighted by atomic mass is 16.6. The standard InChI is InChI=1S/C16H20N2O6/c1-9(2)17-16(21)18-14(19)10(3)23-15(20)13-8-22-11-6-4-5-7-12(11)24-13/h4-7,9-10,13H,8H2,1-3H3,(H2,17,18,19,21)/t10-,13+/m0/s1. The number of ether oxygens (including phenoxy) is 3. The zero-order valence-corrected chi connectivity index (χ0v) is 13.7. The van der Waals surface area contributed by atoms with Crippen LogP contribution in [-0.4, -0.2) is 42.8 Å². The summed E-state index contributed by atoms with van der Waals surface area (Å²) in [6.07, 6.45) is -2.11. The van der Waals surface area contributed by atoms with Crippen LogP contribution in [0.15, 0.2) is 24.3 Å². The SMILES string of the molecule is CC(C)NC(=O)NC(=O)[C@H](C)OC(=O)[C@H]1COc2ccccc2O1. The first-order valence-corrected chi connectivity index (χ1v) is 7.57. The van der Waals surface area contributed by atoms with Crippen LogP contribution in [0.25, 0.3) is 0 Å². The predicted molar refractivity (Wildman–Crippen MR) is 83.7 cm³/mol. The monoisotopic (exact) mass is 336 g/mol. The Morgan fingerprint density at radius 3 is 2.50 bits per heavy atom. The third-order valence-corrected chi connectivity index (χ3v) is 3.09. The summed E-state index contributed by atoms with van der Waals surface area (Å²) in [6, 6.07) is 6.16. The number of rotatable bonds is 4. The number of nitrogens with one attached hydrogen (secondary N) is 2. The van der Waals surface area contributed by atoms with Gasteiger partial charge >= 0.3 is 12.0 Å². The van der Waals surface area contributed by atoms with Crippen LogP contribution in [0.2, 0.25) is 0 Å². The molecule has 0 unspecified atom stereocenters. The first-order chi connectivity index (χ1) is 11.4. The second kappa shape index (κ2) is 7.67. The van der Waals surface area contributed by atoms with Crippen molar-refractivity contribution in [3.63, 3.8) is 0 Å². The minimum absolute atomic E-state index is 0.0159. The van der Waals surface area contributed by atoms with E-state index in [0.29, 0.717) is 11.5 Å². The summed E-state index contributed by atoms with van der Waals surface area (Å²) < 4.78 is 16.0. The van der Waals surface area contributed by atoms with Crippen LogP contribution in [0, 0.1) is 0 Å². The Hall–Kier alpha value is -2.77. The van der Waals surface area contributed by atoms with Gasteiger partial charge in [0.05, 0.1) is 0 Å². The van der Waals surface area contributed by atoms with Crippen LogP contribution < -0.4 is 20.1 Å². The summed E-state index contributed by atoms with van der Waals surface area (Å²) in [7, 11) is 0. The summed E-state index contributed by atoms with van der Waals surface area (Å²) in [6.45, 7) is 4.86. The molecule has 3 amide bonds. The van der Waals surface area contributed by atoms with E-state index in [2.05, 4.69) is 10.6 Å². The van der Waals surface area contributed by atoms with Crippen molar-refractivity contribution >= 4 is 17.9 Å². The van der Waals surface area contributed by atoms with Gasteiger partial charge in [0.2, 0.25) is 6.10 Å². The van der Waals surface area contributed by atoms with E-state index in [1.54, 1.807) is 38.1 Å². The number of imide groups is 1. The molecule has 0 bridgehead atoms. The van der Waals surface area contributed by atoms with Crippen molar-refractivity contribution in [2.45, 2.75) is 39.0 Å². The molecule has 1 aromatic rings. The van der Waals surface area contributed by atoms with Crippen LogP contribution in [0.1, 0.15) is 20.8 Å². The molecule has 0 aromatic heterocycles. The highest BCUT2D eigenvalue weighted by Gasteiger charge is 2.31. The number of benzene rings is 1. The molecule has 130 valence electrons. The summed E-state index contributed by atoms with van der Waals surface area (Å²) in [5, 5.41) is 4.60. The first kappa shape index (κ1) is 17.6. The lowest BCUT2D eigenvalue weighted by molar-refractivity contribution is -0.163. The Bertz CT molecular complexity index is 631. The molecule has 0 spiro atoms. The Balaban J connectivity index is 1.86. The van der Waals surface area contributed by atoms with Gasteiger partial charge in [-0.25, -0.2) is 9.59 Å². The quantitative estimate of drug-likeness (QED) is 0.795. The molecule has 0 radical (unpaired) electrons. The second-order valence-electron chi connectivity index (χ2n) is 5.56. The van der Waals surface area contributed by atoms with Crippen molar-refractivity contribution in [2.24, 2.45) is 0 Å². The molecule has 0 aliphatic carbocycles. The van der Waals surface area contributed by atoms with Crippen molar-refractivity contribution < 1.29 is 28.6 Å². The lowest BCUT2D eigenvalue weighted by Gasteiger charge is -2.25. The number of hydrogen-bond donors (Lipinski definition) is 2. The number of fused-ring (bicyclic) bond motifs is 1. The van der Waals surface area contributed by atoms with E-state index in [1.807, 2.05) is 0 Å². The minimum atomic E-state index is -1.14. The molecule has 8 heteroatoms. The van der Waals surface area contributed by atoms with Gasteiger partial charge in [0.15, 0.2) is 17.6 Å². The van der Waals surface area contributed by atoms with Crippen molar-refractivity contribution in [1.29, 1.82) is 0 Å². The molecular formula is C16H20N2O6. The van der Waals surface area contributed by atoms with E-state index < -0.39 is 30.1 Å². The first-order valence-electron chi connectivity index (χ1n) is 7.57. The molecular weight excluding hydrogens is 316 g/mol. The lowest BCUT2D eigenvalue weighted by atomic mass is 10.2. The second-order valence-corrected chi connectivity index (χ2v) is 5.56. The van der Waals surface area contributed by atoms with Gasteiger partial charge in [-0.3, -0.25) is 10.1 Å². The van der Waals surface area contributed by atoms with Gasteiger partial charge in [0, 0.05) is 6.04 Å². The fraction of sp³-hybridized carbons (Fsp3) is 0.438. The number of carbonyl (C=O) groups excluding carboxylic acids is 3. The van der Waals surface area contributed by atoms with Gasteiger partial charge in [-0.15, -0.1) is 0 Å². The lowest BCUT2D eigenvalue weighted by Crippen LogP contribution is -2.48. The molecule has 0 saturated carbocycles. The van der Waals surface area contributed by atoms with Crippen LogP contribution >= 0.6 is 0 Å². The van der Waals surface area contributed by atoms with Gasteiger partial charge in [0.25, 0.3) is 5.91 Å². The van der Waals surface area contributed by atoms with Crippen molar-refractivity contribution in [1.82, 2.24) is 10.6 Å². The Morgan fingerprint density at radius 1 is 1.17 bits per heavy atom. The van der Waals surface area contributed by atoms with Gasteiger partial charge in [-0.2, -0.15) is 0 Å². The Kier molecular flexibility index (Phi) is 5.62. The maximum absolute atomic E-state index is 12.1. The molecule has 24 heavy (non-hydrogen) atoms. The van der Waals surface area contributed by atoms with Crippen molar-refractivity contribution in [3.05, 3.63) is 24.3 Å². The number of hydrogen-bond acceptors (Lipinski definition) is 6. The molecule has 1 aliphatic heterocycles. The average Bonchev–Trinajstić information content (AvgIpc) is 2.53. The fourth-order valence-corrected chi connectivity index (χ4v) is 1.95. The van der Waals surface area contributed by atoms with E-state index >= 15 is 0 Å². The summed E-state index contributed by atoms with van der Waals surface area (Å²) >= 11 is 0. The highest BCUT2D eigenvalue weighted by Crippen LogP contribution is 2.31. The van der Waals surface area contributed by atoms with E-state index in [9.17, 15) is 14.4 Å². The highest BCUT2D eigenvalue weighted by molar-refractivity contribution is 5.97. The fourth-order valence-electron chi connectivity index (χ4n) is 1.95. The van der Waals surface area contributed by atoms with Gasteiger partial charge in [-0.1, -0.05) is 12.1 Å². The Morgan fingerprint density at radius 2 is 1.83 bits per heavy atom. The molecule has 2 rings (SSSR count). The van der Waals surface area contributed by atoms with E-state index in [4.69, 9.17) is 14.2 Å². The third kappa shape index (κ3) is 4.61. The predicted octanol–water partition coefficient (Wildman–Crippen LogP) is 0.992. The average molecular weight is 336 g/mol. The third-order valence-electron chi connectivity index (χ3n) is 3.09. The zero-order chi connectivity index (χ0) is 17.7. The molecule has 2 N–H and O–H groups in total. The van der Waals surface area contributed by atoms with Gasteiger partial charge in [0.1, 0.15) is 6.61 Å². The smallest absolute Gasteiger partial charge is 0.351 e. The number of urea groups is 1. The van der Waals surface area contributed by atoms with Crippen LogP contribution in [0.4, 0.5) is 4.79 Å². The largest absolute Gasteiger partial charge is 0.485 e. The van der Waals surface area contributed by atoms with Crippen LogP contribution in [-0.2, 0) is 14.3 Å². The molecule has 2 atom stereocenters. The number of carbonyl (C=O) groups is 3.